The Morgan fingerprint density at radius 2 is 0.914 bits per heavy atom. The van der Waals surface area contributed by atoms with Crippen LogP contribution in [0.15, 0.2) is 194 Å². The molecular weight excluding hydrogens is 709 g/mol. The lowest BCUT2D eigenvalue weighted by Crippen LogP contribution is -2.01. The Morgan fingerprint density at radius 3 is 1.62 bits per heavy atom. The van der Waals surface area contributed by atoms with E-state index < -0.39 is 0 Å². The minimum absolute atomic E-state index is 0.598. The lowest BCUT2D eigenvalue weighted by atomic mass is 10.0. The van der Waals surface area contributed by atoms with Crippen LogP contribution in [-0.2, 0) is 0 Å². The number of aromatic nitrogens is 5. The van der Waals surface area contributed by atoms with Crippen LogP contribution >= 0.6 is 0 Å². The van der Waals surface area contributed by atoms with Crippen LogP contribution in [0, 0.1) is 6.57 Å². The lowest BCUT2D eigenvalue weighted by Gasteiger charge is -2.13. The molecule has 8 aromatic carbocycles. The third-order valence-electron chi connectivity index (χ3n) is 11.0. The fraction of sp³-hybridized carbons (Fsp3) is 0. The summed E-state index contributed by atoms with van der Waals surface area (Å²) in [7, 11) is 0. The molecule has 3 aromatic heterocycles. The van der Waals surface area contributed by atoms with Crippen LogP contribution in [0.1, 0.15) is 0 Å². The molecule has 0 spiro atoms. The second kappa shape index (κ2) is 13.6. The smallest absolute Gasteiger partial charge is 0.187 e. The molecule has 11 aromatic rings. The highest BCUT2D eigenvalue weighted by molar-refractivity contribution is 6.26. The second-order valence-electron chi connectivity index (χ2n) is 14.4. The fourth-order valence-corrected chi connectivity index (χ4v) is 8.33. The van der Waals surface area contributed by atoms with Crippen molar-refractivity contribution < 1.29 is 0 Å². The van der Waals surface area contributed by atoms with Gasteiger partial charge >= 0.3 is 0 Å². The van der Waals surface area contributed by atoms with E-state index in [0.29, 0.717) is 23.2 Å². The van der Waals surface area contributed by atoms with Gasteiger partial charge in [0.15, 0.2) is 23.2 Å². The van der Waals surface area contributed by atoms with Gasteiger partial charge in [-0.25, -0.2) is 19.8 Å². The second-order valence-corrected chi connectivity index (χ2v) is 14.4. The Kier molecular flexibility index (Phi) is 7.76. The molecular formula is C52H32N6. The predicted octanol–water partition coefficient (Wildman–Crippen LogP) is 13.3. The van der Waals surface area contributed by atoms with E-state index in [1.165, 1.54) is 10.8 Å². The maximum Gasteiger partial charge on any atom is 0.187 e. The summed E-state index contributed by atoms with van der Waals surface area (Å²) in [6.07, 6.45) is 0. The van der Waals surface area contributed by atoms with Gasteiger partial charge in [0.05, 0.1) is 28.6 Å². The van der Waals surface area contributed by atoms with E-state index >= 15 is 0 Å². The van der Waals surface area contributed by atoms with Gasteiger partial charge < -0.3 is 9.13 Å². The van der Waals surface area contributed by atoms with Gasteiger partial charge in [0.1, 0.15) is 0 Å². The molecule has 11 rings (SSSR count). The Morgan fingerprint density at radius 1 is 0.362 bits per heavy atom. The van der Waals surface area contributed by atoms with Crippen molar-refractivity contribution in [2.24, 2.45) is 0 Å². The molecule has 0 fully saturated rings. The molecule has 0 radical (unpaired) electrons. The molecule has 0 amide bonds. The number of hydrogen-bond donors (Lipinski definition) is 0. The molecule has 0 aliphatic rings. The highest BCUT2D eigenvalue weighted by Gasteiger charge is 2.21. The van der Waals surface area contributed by atoms with E-state index in [1.54, 1.807) is 0 Å². The molecule has 0 saturated carbocycles. The minimum Gasteiger partial charge on any atom is -0.309 e. The van der Waals surface area contributed by atoms with Crippen LogP contribution < -0.4 is 0 Å². The van der Waals surface area contributed by atoms with Crippen LogP contribution in [0.3, 0.4) is 0 Å². The number of rotatable bonds is 6. The summed E-state index contributed by atoms with van der Waals surface area (Å²) in [6, 6.07) is 67.0. The average molecular weight is 741 g/mol. The van der Waals surface area contributed by atoms with E-state index in [1.807, 2.05) is 60.7 Å². The van der Waals surface area contributed by atoms with Gasteiger partial charge in [-0.15, -0.1) is 0 Å². The summed E-state index contributed by atoms with van der Waals surface area (Å²) in [5.41, 5.74) is 12.0. The highest BCUT2D eigenvalue weighted by atomic mass is 15.0. The summed E-state index contributed by atoms with van der Waals surface area (Å²) in [6.45, 7) is 7.51. The van der Waals surface area contributed by atoms with E-state index in [-0.39, 0.29) is 0 Å². The van der Waals surface area contributed by atoms with Gasteiger partial charge in [-0.3, -0.25) is 0 Å². The molecule has 0 aliphatic heterocycles. The molecule has 0 bridgehead atoms. The molecule has 6 nitrogen and oxygen atoms in total. The average Bonchev–Trinajstić information content (AvgIpc) is 3.83. The number of benzene rings is 8. The Bertz CT molecular complexity index is 3390. The zero-order valence-corrected chi connectivity index (χ0v) is 31.2. The summed E-state index contributed by atoms with van der Waals surface area (Å²) in [5, 5.41) is 4.67. The summed E-state index contributed by atoms with van der Waals surface area (Å²) in [4.78, 5) is 19.0. The van der Waals surface area contributed by atoms with E-state index in [9.17, 15) is 0 Å². The molecule has 0 N–H and O–H groups in total. The molecule has 270 valence electrons. The monoisotopic (exact) mass is 740 g/mol. The first-order valence-corrected chi connectivity index (χ1v) is 19.2. The highest BCUT2D eigenvalue weighted by Crippen LogP contribution is 2.42. The van der Waals surface area contributed by atoms with Gasteiger partial charge in [0, 0.05) is 49.6 Å². The van der Waals surface area contributed by atoms with Crippen LogP contribution in [0.4, 0.5) is 5.69 Å². The SMILES string of the molecule is [C-]#[N+]c1ccc(-n2c3ccccc3c3c2ccc2c4ccccc4n(-c4cccc(-c5nc(-c6ccccc6)nc(-c6cccc(-c7ccccc7)c6)n5)c4)c23)cc1. The first-order valence-electron chi connectivity index (χ1n) is 19.2. The molecule has 0 aliphatic carbocycles. The van der Waals surface area contributed by atoms with Crippen molar-refractivity contribution in [2.75, 3.05) is 0 Å². The molecule has 6 heteroatoms. The number of para-hydroxylation sites is 2. The zero-order valence-electron chi connectivity index (χ0n) is 31.2. The van der Waals surface area contributed by atoms with Crippen LogP contribution in [-0.4, -0.2) is 24.1 Å². The third kappa shape index (κ3) is 5.45. The van der Waals surface area contributed by atoms with Crippen molar-refractivity contribution in [3.05, 3.63) is 206 Å². The Hall–Kier alpha value is -8.14. The topological polar surface area (TPSA) is 52.9 Å². The number of fused-ring (bicyclic) bond motifs is 7. The summed E-state index contributed by atoms with van der Waals surface area (Å²) in [5.74, 6) is 1.83. The van der Waals surface area contributed by atoms with Crippen molar-refractivity contribution in [3.63, 3.8) is 0 Å². The number of hydrogen-bond acceptors (Lipinski definition) is 3. The minimum atomic E-state index is 0.598. The van der Waals surface area contributed by atoms with Crippen molar-refractivity contribution >= 4 is 49.3 Å². The Balaban J connectivity index is 1.14. The Labute approximate surface area is 334 Å². The van der Waals surface area contributed by atoms with Gasteiger partial charge in [-0.05, 0) is 59.7 Å². The number of nitrogens with zero attached hydrogens (tertiary/aromatic N) is 6. The summed E-state index contributed by atoms with van der Waals surface area (Å²) < 4.78 is 4.69. The van der Waals surface area contributed by atoms with E-state index in [4.69, 9.17) is 21.5 Å². The predicted molar refractivity (Wildman–Crippen MR) is 237 cm³/mol. The molecule has 0 unspecified atom stereocenters. The van der Waals surface area contributed by atoms with Crippen molar-refractivity contribution in [3.8, 4) is 56.7 Å². The van der Waals surface area contributed by atoms with Crippen molar-refractivity contribution in [1.82, 2.24) is 24.1 Å². The van der Waals surface area contributed by atoms with E-state index in [2.05, 4.69) is 147 Å². The normalized spacial score (nSPS) is 11.4. The van der Waals surface area contributed by atoms with Gasteiger partial charge in [-0.2, -0.15) is 0 Å². The molecule has 58 heavy (non-hydrogen) atoms. The van der Waals surface area contributed by atoms with Gasteiger partial charge in [-0.1, -0.05) is 146 Å². The van der Waals surface area contributed by atoms with Crippen molar-refractivity contribution in [1.29, 1.82) is 0 Å². The standard InChI is InChI=1S/C52H32N6/c1-53-39-26-28-40(29-27-39)57-46-25-11-9-23-44(46)48-47(57)31-30-43-42-22-8-10-24-45(42)58(49(43)48)41-21-13-20-38(33-41)52-55-50(35-16-6-3-7-17-35)54-51(56-52)37-19-12-18-36(32-37)34-14-4-2-5-15-34/h2-33H. The fourth-order valence-electron chi connectivity index (χ4n) is 8.33. The third-order valence-corrected chi connectivity index (χ3v) is 11.0. The quantitative estimate of drug-likeness (QED) is 0.160. The van der Waals surface area contributed by atoms with E-state index in [0.717, 1.165) is 72.0 Å². The van der Waals surface area contributed by atoms with Crippen LogP contribution in [0.5, 0.6) is 0 Å². The van der Waals surface area contributed by atoms with Crippen molar-refractivity contribution in [2.45, 2.75) is 0 Å². The largest absolute Gasteiger partial charge is 0.309 e. The molecule has 0 atom stereocenters. The molecule has 0 saturated heterocycles. The lowest BCUT2D eigenvalue weighted by molar-refractivity contribution is 1.07. The zero-order chi connectivity index (χ0) is 38.6. The first kappa shape index (κ1) is 33.2. The van der Waals surface area contributed by atoms with Gasteiger partial charge in [0.25, 0.3) is 0 Å². The summed E-state index contributed by atoms with van der Waals surface area (Å²) >= 11 is 0. The first-order chi connectivity index (χ1) is 28.7. The maximum atomic E-state index is 7.51. The van der Waals surface area contributed by atoms with Crippen LogP contribution in [0.2, 0.25) is 0 Å². The maximum absolute atomic E-state index is 7.51. The molecule has 3 heterocycles. The van der Waals surface area contributed by atoms with Crippen LogP contribution in [0.25, 0.3) is 105 Å². The van der Waals surface area contributed by atoms with Gasteiger partial charge in [0.2, 0.25) is 0 Å².